The summed E-state index contributed by atoms with van der Waals surface area (Å²) in [7, 11) is 1.43. The van der Waals surface area contributed by atoms with Gasteiger partial charge in [-0.2, -0.15) is 5.26 Å². The standard InChI is InChI=1S/C16H17BrN2O4/c1-22-14-7-12(17)6-10(15(14)20)5-11(8-18)16(21)19-9-13-3-2-4-23-13/h5-7,13,20H,2-4,9H2,1H3,(H,19,21)/b11-5+/t13-/m0/s1. The number of carbonyl (C=O) groups is 1. The topological polar surface area (TPSA) is 91.6 Å². The molecule has 0 spiro atoms. The lowest BCUT2D eigenvalue weighted by Gasteiger charge is -2.11. The molecular formula is C16H17BrN2O4. The summed E-state index contributed by atoms with van der Waals surface area (Å²) in [6, 6.07) is 5.04. The van der Waals surface area contributed by atoms with Crippen molar-refractivity contribution in [3.05, 3.63) is 27.7 Å². The van der Waals surface area contributed by atoms with Crippen LogP contribution >= 0.6 is 15.9 Å². The van der Waals surface area contributed by atoms with Crippen LogP contribution in [0.1, 0.15) is 18.4 Å². The Balaban J connectivity index is 2.16. The molecule has 0 unspecified atom stereocenters. The van der Waals surface area contributed by atoms with Crippen LogP contribution in [0.25, 0.3) is 6.08 Å². The Kier molecular flexibility index (Phi) is 6.02. The van der Waals surface area contributed by atoms with E-state index in [9.17, 15) is 15.2 Å². The smallest absolute Gasteiger partial charge is 0.262 e. The van der Waals surface area contributed by atoms with E-state index >= 15 is 0 Å². The van der Waals surface area contributed by atoms with E-state index < -0.39 is 5.91 Å². The first-order valence-electron chi connectivity index (χ1n) is 7.13. The van der Waals surface area contributed by atoms with Gasteiger partial charge < -0.3 is 19.9 Å². The molecule has 1 atom stereocenters. The largest absolute Gasteiger partial charge is 0.504 e. The van der Waals surface area contributed by atoms with Gasteiger partial charge in [0.2, 0.25) is 0 Å². The molecular weight excluding hydrogens is 364 g/mol. The van der Waals surface area contributed by atoms with Crippen molar-refractivity contribution in [1.82, 2.24) is 5.32 Å². The predicted octanol–water partition coefficient (Wildman–Crippen LogP) is 2.37. The minimum atomic E-state index is -0.499. The van der Waals surface area contributed by atoms with Gasteiger partial charge >= 0.3 is 0 Å². The fourth-order valence-electron chi connectivity index (χ4n) is 2.27. The van der Waals surface area contributed by atoms with Crippen molar-refractivity contribution in [2.24, 2.45) is 0 Å². The van der Waals surface area contributed by atoms with Gasteiger partial charge in [0, 0.05) is 23.2 Å². The van der Waals surface area contributed by atoms with Crippen LogP contribution in [0.15, 0.2) is 22.2 Å². The second-order valence-electron chi connectivity index (χ2n) is 5.06. The highest BCUT2D eigenvalue weighted by molar-refractivity contribution is 9.10. The first-order valence-corrected chi connectivity index (χ1v) is 7.92. The number of phenols is 1. The second-order valence-corrected chi connectivity index (χ2v) is 5.98. The average molecular weight is 381 g/mol. The van der Waals surface area contributed by atoms with E-state index in [0.29, 0.717) is 23.2 Å². The van der Waals surface area contributed by atoms with Gasteiger partial charge in [0.15, 0.2) is 11.5 Å². The molecule has 1 saturated heterocycles. The van der Waals surface area contributed by atoms with E-state index in [1.54, 1.807) is 12.1 Å². The number of phenolic OH excluding ortho intramolecular Hbond substituents is 1. The molecule has 23 heavy (non-hydrogen) atoms. The summed E-state index contributed by atoms with van der Waals surface area (Å²) in [5.41, 5.74) is 0.221. The molecule has 1 amide bonds. The average Bonchev–Trinajstić information content (AvgIpc) is 3.06. The second kappa shape index (κ2) is 7.99. The molecule has 0 bridgehead atoms. The summed E-state index contributed by atoms with van der Waals surface area (Å²) in [5, 5.41) is 22.0. The summed E-state index contributed by atoms with van der Waals surface area (Å²) in [6.07, 6.45) is 3.20. The number of nitrogens with zero attached hydrogens (tertiary/aromatic N) is 1. The Morgan fingerprint density at radius 1 is 1.65 bits per heavy atom. The molecule has 0 aromatic heterocycles. The van der Waals surface area contributed by atoms with Gasteiger partial charge in [0.05, 0.1) is 13.2 Å². The molecule has 2 N–H and O–H groups in total. The summed E-state index contributed by atoms with van der Waals surface area (Å²) in [4.78, 5) is 12.1. The van der Waals surface area contributed by atoms with Gasteiger partial charge in [-0.05, 0) is 31.1 Å². The van der Waals surface area contributed by atoms with Gasteiger partial charge in [0.25, 0.3) is 5.91 Å². The Morgan fingerprint density at radius 2 is 2.43 bits per heavy atom. The van der Waals surface area contributed by atoms with E-state index in [-0.39, 0.29) is 23.2 Å². The summed E-state index contributed by atoms with van der Waals surface area (Å²) in [5.74, 6) is -0.376. The fraction of sp³-hybridized carbons (Fsp3) is 0.375. The number of ether oxygens (including phenoxy) is 2. The zero-order chi connectivity index (χ0) is 16.8. The van der Waals surface area contributed by atoms with Crippen LogP contribution in [0.5, 0.6) is 11.5 Å². The maximum Gasteiger partial charge on any atom is 0.262 e. The molecule has 1 aliphatic heterocycles. The van der Waals surface area contributed by atoms with Crippen LogP contribution < -0.4 is 10.1 Å². The Labute approximate surface area is 142 Å². The highest BCUT2D eigenvalue weighted by atomic mass is 79.9. The molecule has 1 fully saturated rings. The normalized spacial score (nSPS) is 17.6. The van der Waals surface area contributed by atoms with E-state index in [4.69, 9.17) is 9.47 Å². The molecule has 0 radical (unpaired) electrons. The molecule has 6 nitrogen and oxygen atoms in total. The van der Waals surface area contributed by atoms with E-state index in [0.717, 1.165) is 12.8 Å². The Morgan fingerprint density at radius 3 is 3.04 bits per heavy atom. The highest BCUT2D eigenvalue weighted by Gasteiger charge is 2.18. The van der Waals surface area contributed by atoms with Crippen molar-refractivity contribution in [2.45, 2.75) is 18.9 Å². The van der Waals surface area contributed by atoms with Gasteiger partial charge in [-0.1, -0.05) is 15.9 Å². The lowest BCUT2D eigenvalue weighted by atomic mass is 10.1. The number of hydrogen-bond acceptors (Lipinski definition) is 5. The maximum absolute atomic E-state index is 12.1. The number of halogens is 1. The van der Waals surface area contributed by atoms with Crippen LogP contribution in [-0.2, 0) is 9.53 Å². The SMILES string of the molecule is COc1cc(Br)cc(/C=C(\C#N)C(=O)NC[C@@H]2CCCO2)c1O. The van der Waals surface area contributed by atoms with Crippen LogP contribution in [0, 0.1) is 11.3 Å². The minimum absolute atomic E-state index is 0.00161. The van der Waals surface area contributed by atoms with Gasteiger partial charge in [-0.25, -0.2) is 0 Å². The summed E-state index contributed by atoms with van der Waals surface area (Å²) < 4.78 is 11.1. The van der Waals surface area contributed by atoms with Crippen molar-refractivity contribution < 1.29 is 19.4 Å². The molecule has 0 aliphatic carbocycles. The van der Waals surface area contributed by atoms with E-state index in [1.807, 2.05) is 6.07 Å². The third kappa shape index (κ3) is 4.47. The Hall–Kier alpha value is -2.04. The van der Waals surface area contributed by atoms with Crippen molar-refractivity contribution >= 4 is 27.9 Å². The zero-order valence-electron chi connectivity index (χ0n) is 12.6. The van der Waals surface area contributed by atoms with Gasteiger partial charge in [-0.3, -0.25) is 4.79 Å². The molecule has 1 aromatic rings. The number of nitriles is 1. The number of methoxy groups -OCH3 is 1. The first-order chi connectivity index (χ1) is 11.0. The lowest BCUT2D eigenvalue weighted by Crippen LogP contribution is -2.32. The van der Waals surface area contributed by atoms with E-state index in [1.165, 1.54) is 13.2 Å². The van der Waals surface area contributed by atoms with Crippen LogP contribution in [0.3, 0.4) is 0 Å². The summed E-state index contributed by atoms with van der Waals surface area (Å²) in [6.45, 7) is 1.07. The monoisotopic (exact) mass is 380 g/mol. The summed E-state index contributed by atoms with van der Waals surface area (Å²) >= 11 is 3.29. The molecule has 0 saturated carbocycles. The molecule has 1 aliphatic rings. The number of rotatable bonds is 5. The van der Waals surface area contributed by atoms with E-state index in [2.05, 4.69) is 21.2 Å². The maximum atomic E-state index is 12.1. The lowest BCUT2D eigenvalue weighted by molar-refractivity contribution is -0.117. The third-order valence-electron chi connectivity index (χ3n) is 3.47. The third-order valence-corrected chi connectivity index (χ3v) is 3.93. The zero-order valence-corrected chi connectivity index (χ0v) is 14.2. The van der Waals surface area contributed by atoms with Crippen LogP contribution in [0.4, 0.5) is 0 Å². The first kappa shape index (κ1) is 17.3. The molecule has 2 rings (SSSR count). The van der Waals surface area contributed by atoms with Crippen molar-refractivity contribution in [3.8, 4) is 17.6 Å². The predicted molar refractivity (Wildman–Crippen MR) is 87.9 cm³/mol. The minimum Gasteiger partial charge on any atom is -0.504 e. The van der Waals surface area contributed by atoms with Gasteiger partial charge in [0.1, 0.15) is 11.6 Å². The van der Waals surface area contributed by atoms with Crippen LogP contribution in [-0.4, -0.2) is 37.4 Å². The number of carbonyl (C=O) groups excluding carboxylic acids is 1. The number of amides is 1. The van der Waals surface area contributed by atoms with Crippen molar-refractivity contribution in [3.63, 3.8) is 0 Å². The van der Waals surface area contributed by atoms with Gasteiger partial charge in [-0.15, -0.1) is 0 Å². The fourth-order valence-corrected chi connectivity index (χ4v) is 2.73. The quantitative estimate of drug-likeness (QED) is 0.604. The molecule has 7 heteroatoms. The number of aromatic hydroxyl groups is 1. The molecule has 1 heterocycles. The highest BCUT2D eigenvalue weighted by Crippen LogP contribution is 2.34. The van der Waals surface area contributed by atoms with Crippen molar-refractivity contribution in [2.75, 3.05) is 20.3 Å². The Bertz CT molecular complexity index is 661. The van der Waals surface area contributed by atoms with Crippen molar-refractivity contribution in [1.29, 1.82) is 5.26 Å². The van der Waals surface area contributed by atoms with Crippen LogP contribution in [0.2, 0.25) is 0 Å². The molecule has 122 valence electrons. The number of nitrogens with one attached hydrogen (secondary N) is 1. The number of hydrogen-bond donors (Lipinski definition) is 2. The number of benzene rings is 1. The molecule has 1 aromatic carbocycles.